The molecular formula is C11H13BrFNO. The molecule has 0 spiro atoms. The van der Waals surface area contributed by atoms with Crippen LogP contribution in [-0.2, 0) is 6.42 Å². The van der Waals surface area contributed by atoms with Gasteiger partial charge in [-0.1, -0.05) is 15.9 Å². The van der Waals surface area contributed by atoms with Crippen molar-refractivity contribution in [1.29, 1.82) is 0 Å². The average Bonchev–Trinajstić information content (AvgIpc) is 2.16. The fourth-order valence-corrected chi connectivity index (χ4v) is 2.27. The number of benzene rings is 1. The summed E-state index contributed by atoms with van der Waals surface area (Å²) in [5.74, 6) is 0.351. The van der Waals surface area contributed by atoms with Crippen molar-refractivity contribution in [2.45, 2.75) is 19.4 Å². The van der Waals surface area contributed by atoms with E-state index in [-0.39, 0.29) is 17.8 Å². The van der Waals surface area contributed by atoms with Gasteiger partial charge in [-0.25, -0.2) is 4.39 Å². The van der Waals surface area contributed by atoms with Crippen LogP contribution < -0.4 is 10.5 Å². The van der Waals surface area contributed by atoms with Gasteiger partial charge in [-0.05, 0) is 31.0 Å². The normalized spacial score (nSPS) is 21.7. The quantitative estimate of drug-likeness (QED) is 0.853. The van der Waals surface area contributed by atoms with Crippen LogP contribution in [0.3, 0.4) is 0 Å². The molecule has 15 heavy (non-hydrogen) atoms. The first kappa shape index (κ1) is 10.9. The van der Waals surface area contributed by atoms with Gasteiger partial charge in [0.2, 0.25) is 0 Å². The van der Waals surface area contributed by atoms with Gasteiger partial charge in [0.05, 0.1) is 6.61 Å². The van der Waals surface area contributed by atoms with Crippen LogP contribution in [0.25, 0.3) is 0 Å². The second-order valence-electron chi connectivity index (χ2n) is 4.01. The molecule has 0 radical (unpaired) electrons. The minimum atomic E-state index is -0.303. The van der Waals surface area contributed by atoms with Crippen molar-refractivity contribution in [3.8, 4) is 5.75 Å². The Morgan fingerprint density at radius 2 is 2.33 bits per heavy atom. The van der Waals surface area contributed by atoms with Crippen LogP contribution in [-0.4, -0.2) is 12.6 Å². The van der Waals surface area contributed by atoms with E-state index in [1.807, 2.05) is 13.0 Å². The molecule has 0 fully saturated rings. The molecule has 0 aliphatic carbocycles. The van der Waals surface area contributed by atoms with Crippen LogP contribution >= 0.6 is 15.9 Å². The molecule has 0 bridgehead atoms. The molecule has 1 aromatic rings. The summed E-state index contributed by atoms with van der Waals surface area (Å²) in [6.07, 6.45) is 0.781. The summed E-state index contributed by atoms with van der Waals surface area (Å²) in [4.78, 5) is 0. The highest BCUT2D eigenvalue weighted by Gasteiger charge is 2.25. The maximum absolute atomic E-state index is 13.5. The van der Waals surface area contributed by atoms with Crippen LogP contribution in [0.4, 0.5) is 4.39 Å². The van der Waals surface area contributed by atoms with Crippen LogP contribution in [0, 0.1) is 11.7 Å². The van der Waals surface area contributed by atoms with E-state index in [9.17, 15) is 4.39 Å². The maximum atomic E-state index is 13.5. The molecule has 2 N–H and O–H groups in total. The van der Waals surface area contributed by atoms with E-state index in [1.54, 1.807) is 0 Å². The minimum Gasteiger partial charge on any atom is -0.490 e. The molecule has 1 aliphatic rings. The number of hydrogen-bond donors (Lipinski definition) is 1. The van der Waals surface area contributed by atoms with Gasteiger partial charge in [0, 0.05) is 16.4 Å². The SMILES string of the molecule is C[C@@H](N)C1COc2c(F)cc(Br)cc2C1. The summed E-state index contributed by atoms with van der Waals surface area (Å²) >= 11 is 3.27. The van der Waals surface area contributed by atoms with Crippen molar-refractivity contribution in [1.82, 2.24) is 0 Å². The molecule has 1 heterocycles. The summed E-state index contributed by atoms with van der Waals surface area (Å²) < 4.78 is 19.6. The predicted molar refractivity (Wildman–Crippen MR) is 60.4 cm³/mol. The smallest absolute Gasteiger partial charge is 0.166 e. The van der Waals surface area contributed by atoms with Crippen LogP contribution in [0.5, 0.6) is 5.75 Å². The van der Waals surface area contributed by atoms with Crippen molar-refractivity contribution in [3.63, 3.8) is 0 Å². The first-order valence-corrected chi connectivity index (χ1v) is 5.73. The maximum Gasteiger partial charge on any atom is 0.166 e. The number of fused-ring (bicyclic) bond motifs is 1. The van der Waals surface area contributed by atoms with Crippen LogP contribution in [0.1, 0.15) is 12.5 Å². The molecule has 1 aromatic carbocycles. The summed E-state index contributed by atoms with van der Waals surface area (Å²) in [6, 6.07) is 3.39. The Hall–Kier alpha value is -0.610. The van der Waals surface area contributed by atoms with E-state index in [0.29, 0.717) is 12.4 Å². The monoisotopic (exact) mass is 273 g/mol. The molecule has 0 aromatic heterocycles. The third kappa shape index (κ3) is 2.16. The Bertz CT molecular complexity index is 381. The van der Waals surface area contributed by atoms with E-state index in [4.69, 9.17) is 10.5 Å². The van der Waals surface area contributed by atoms with Gasteiger partial charge in [-0.3, -0.25) is 0 Å². The molecule has 1 unspecified atom stereocenters. The molecule has 2 rings (SSSR count). The largest absolute Gasteiger partial charge is 0.490 e. The Morgan fingerprint density at radius 1 is 1.60 bits per heavy atom. The Balaban J connectivity index is 2.33. The van der Waals surface area contributed by atoms with E-state index in [0.717, 1.165) is 16.5 Å². The summed E-state index contributed by atoms with van der Waals surface area (Å²) in [5, 5.41) is 0. The highest BCUT2D eigenvalue weighted by Crippen LogP contribution is 2.33. The lowest BCUT2D eigenvalue weighted by atomic mass is 9.92. The van der Waals surface area contributed by atoms with Gasteiger partial charge in [0.1, 0.15) is 0 Å². The van der Waals surface area contributed by atoms with Crippen molar-refractivity contribution in [2.75, 3.05) is 6.61 Å². The molecule has 2 nitrogen and oxygen atoms in total. The van der Waals surface area contributed by atoms with Crippen molar-refractivity contribution in [2.24, 2.45) is 11.7 Å². The number of rotatable bonds is 1. The fraction of sp³-hybridized carbons (Fsp3) is 0.455. The molecule has 0 amide bonds. The van der Waals surface area contributed by atoms with Gasteiger partial charge in [0.25, 0.3) is 0 Å². The topological polar surface area (TPSA) is 35.2 Å². The van der Waals surface area contributed by atoms with Crippen LogP contribution in [0.15, 0.2) is 16.6 Å². The molecule has 4 heteroatoms. The van der Waals surface area contributed by atoms with Crippen molar-refractivity contribution < 1.29 is 9.13 Å². The summed E-state index contributed by atoms with van der Waals surface area (Å²) in [7, 11) is 0. The Morgan fingerprint density at radius 3 is 3.00 bits per heavy atom. The van der Waals surface area contributed by atoms with Gasteiger partial charge in [-0.15, -0.1) is 0 Å². The zero-order valence-corrected chi connectivity index (χ0v) is 10.1. The van der Waals surface area contributed by atoms with E-state index < -0.39 is 0 Å². The highest BCUT2D eigenvalue weighted by molar-refractivity contribution is 9.10. The minimum absolute atomic E-state index is 0.0696. The molecule has 0 saturated heterocycles. The second kappa shape index (κ2) is 4.10. The predicted octanol–water partition coefficient (Wildman–Crippen LogP) is 2.49. The van der Waals surface area contributed by atoms with Gasteiger partial charge >= 0.3 is 0 Å². The summed E-state index contributed by atoms with van der Waals surface area (Å²) in [5.41, 5.74) is 6.71. The van der Waals surface area contributed by atoms with Gasteiger partial charge in [0.15, 0.2) is 11.6 Å². The van der Waals surface area contributed by atoms with E-state index in [1.165, 1.54) is 6.07 Å². The number of nitrogens with two attached hydrogens (primary N) is 1. The molecule has 2 atom stereocenters. The molecule has 82 valence electrons. The lowest BCUT2D eigenvalue weighted by Gasteiger charge is -2.28. The van der Waals surface area contributed by atoms with Crippen molar-refractivity contribution >= 4 is 15.9 Å². The zero-order chi connectivity index (χ0) is 11.0. The number of hydrogen-bond acceptors (Lipinski definition) is 2. The summed E-state index contributed by atoms with van der Waals surface area (Å²) in [6.45, 7) is 2.45. The molecular weight excluding hydrogens is 261 g/mol. The standard InChI is InChI=1S/C11H13BrFNO/c1-6(14)8-2-7-3-9(12)4-10(13)11(7)15-5-8/h3-4,6,8H,2,5,14H2,1H3/t6-,8?/m1/s1. The first-order chi connectivity index (χ1) is 7.08. The van der Waals surface area contributed by atoms with Gasteiger partial charge in [-0.2, -0.15) is 0 Å². The zero-order valence-electron chi connectivity index (χ0n) is 8.47. The van der Waals surface area contributed by atoms with Crippen LogP contribution in [0.2, 0.25) is 0 Å². The van der Waals surface area contributed by atoms with Crippen molar-refractivity contribution in [3.05, 3.63) is 28.0 Å². The lowest BCUT2D eigenvalue weighted by molar-refractivity contribution is 0.195. The highest BCUT2D eigenvalue weighted by atomic mass is 79.9. The van der Waals surface area contributed by atoms with E-state index in [2.05, 4.69) is 15.9 Å². The third-order valence-electron chi connectivity index (χ3n) is 2.75. The Labute approximate surface area is 96.7 Å². The third-order valence-corrected chi connectivity index (χ3v) is 3.21. The second-order valence-corrected chi connectivity index (χ2v) is 4.93. The molecule has 1 aliphatic heterocycles. The number of ether oxygens (including phenoxy) is 1. The first-order valence-electron chi connectivity index (χ1n) is 4.94. The average molecular weight is 274 g/mol. The number of halogens is 2. The lowest BCUT2D eigenvalue weighted by Crippen LogP contribution is -2.35. The van der Waals surface area contributed by atoms with Gasteiger partial charge < -0.3 is 10.5 Å². The Kier molecular flexibility index (Phi) is 2.98. The fourth-order valence-electron chi connectivity index (χ4n) is 1.80. The van der Waals surface area contributed by atoms with E-state index >= 15 is 0 Å². The molecule has 0 saturated carbocycles.